The van der Waals surface area contributed by atoms with Gasteiger partial charge in [0, 0.05) is 43.5 Å². The second-order valence-corrected chi connectivity index (χ2v) is 7.01. The molecule has 1 saturated heterocycles. The van der Waals surface area contributed by atoms with E-state index in [4.69, 9.17) is 0 Å². The molecule has 1 aliphatic rings. The molecule has 1 aliphatic heterocycles. The molecule has 0 amide bonds. The van der Waals surface area contributed by atoms with Gasteiger partial charge >= 0.3 is 0 Å². The van der Waals surface area contributed by atoms with E-state index in [1.165, 1.54) is 6.07 Å². The van der Waals surface area contributed by atoms with Gasteiger partial charge in [0.2, 0.25) is 0 Å². The van der Waals surface area contributed by atoms with E-state index in [1.807, 2.05) is 11.8 Å². The molecule has 0 saturated carbocycles. The standard InChI is InChI=1S/C21H24F4N4/c1-2-26-21(28-12-15-9-16(22)3-5-18(15)23)27-11-14-7-8-29(13-14)17-4-6-19(24)20(25)10-17/h3-6,9-10,14H,2,7-8,11-13H2,1H3,(H2,26,27,28). The first kappa shape index (κ1) is 21.0. The summed E-state index contributed by atoms with van der Waals surface area (Å²) in [6.45, 7) is 4.64. The molecular formula is C21H24F4N4. The van der Waals surface area contributed by atoms with Gasteiger partial charge in [-0.1, -0.05) is 0 Å². The van der Waals surface area contributed by atoms with E-state index >= 15 is 0 Å². The highest BCUT2D eigenvalue weighted by atomic mass is 19.2. The SMILES string of the molecule is CCNC(=NCc1cc(F)ccc1F)NCC1CCN(c2ccc(F)c(F)c2)C1. The molecule has 8 heteroatoms. The molecule has 1 heterocycles. The zero-order valence-corrected chi connectivity index (χ0v) is 16.2. The third-order valence-electron chi connectivity index (χ3n) is 4.87. The molecule has 2 N–H and O–H groups in total. The van der Waals surface area contributed by atoms with Crippen LogP contribution in [0.25, 0.3) is 0 Å². The van der Waals surface area contributed by atoms with Crippen LogP contribution < -0.4 is 15.5 Å². The molecule has 0 aliphatic carbocycles. The van der Waals surface area contributed by atoms with Crippen molar-refractivity contribution in [2.24, 2.45) is 10.9 Å². The van der Waals surface area contributed by atoms with Crippen molar-refractivity contribution < 1.29 is 17.6 Å². The Labute approximate surface area is 167 Å². The molecule has 156 valence electrons. The van der Waals surface area contributed by atoms with Crippen molar-refractivity contribution in [3.8, 4) is 0 Å². The van der Waals surface area contributed by atoms with E-state index in [0.717, 1.165) is 37.2 Å². The van der Waals surface area contributed by atoms with E-state index in [9.17, 15) is 17.6 Å². The van der Waals surface area contributed by atoms with Crippen molar-refractivity contribution in [2.75, 3.05) is 31.1 Å². The minimum atomic E-state index is -0.854. The summed E-state index contributed by atoms with van der Waals surface area (Å²) in [6, 6.07) is 7.23. The number of nitrogens with zero attached hydrogens (tertiary/aromatic N) is 2. The monoisotopic (exact) mass is 408 g/mol. The van der Waals surface area contributed by atoms with Crippen molar-refractivity contribution in [1.29, 1.82) is 0 Å². The Kier molecular flexibility index (Phi) is 6.95. The minimum Gasteiger partial charge on any atom is -0.371 e. The van der Waals surface area contributed by atoms with Crippen LogP contribution in [0.15, 0.2) is 41.4 Å². The lowest BCUT2D eigenvalue weighted by Crippen LogP contribution is -2.40. The first-order valence-corrected chi connectivity index (χ1v) is 9.62. The van der Waals surface area contributed by atoms with Gasteiger partial charge in [0.25, 0.3) is 0 Å². The predicted molar refractivity (Wildman–Crippen MR) is 106 cm³/mol. The fraction of sp³-hybridized carbons (Fsp3) is 0.381. The van der Waals surface area contributed by atoms with E-state index < -0.39 is 23.3 Å². The minimum absolute atomic E-state index is 0.0184. The van der Waals surface area contributed by atoms with Gasteiger partial charge in [-0.2, -0.15) is 0 Å². The van der Waals surface area contributed by atoms with Crippen LogP contribution in [0.5, 0.6) is 0 Å². The van der Waals surface area contributed by atoms with Crippen LogP contribution in [-0.2, 0) is 6.54 Å². The summed E-state index contributed by atoms with van der Waals surface area (Å²) in [5.74, 6) is -1.90. The van der Waals surface area contributed by atoms with Crippen LogP contribution >= 0.6 is 0 Å². The Morgan fingerprint density at radius 2 is 1.83 bits per heavy atom. The molecule has 3 rings (SSSR count). The summed E-state index contributed by atoms with van der Waals surface area (Å²) in [5.41, 5.74) is 0.848. The van der Waals surface area contributed by atoms with Gasteiger partial charge in [-0.15, -0.1) is 0 Å². The van der Waals surface area contributed by atoms with Gasteiger partial charge in [0.15, 0.2) is 17.6 Å². The maximum atomic E-state index is 13.8. The topological polar surface area (TPSA) is 39.7 Å². The first-order valence-electron chi connectivity index (χ1n) is 9.62. The van der Waals surface area contributed by atoms with Crippen LogP contribution in [0.1, 0.15) is 18.9 Å². The quantitative estimate of drug-likeness (QED) is 0.434. The Balaban J connectivity index is 1.56. The Hall–Kier alpha value is -2.77. The highest BCUT2D eigenvalue weighted by molar-refractivity contribution is 5.79. The second kappa shape index (κ2) is 9.62. The van der Waals surface area contributed by atoms with Crippen molar-refractivity contribution in [1.82, 2.24) is 10.6 Å². The fourth-order valence-corrected chi connectivity index (χ4v) is 3.33. The number of guanidine groups is 1. The largest absolute Gasteiger partial charge is 0.371 e. The second-order valence-electron chi connectivity index (χ2n) is 7.01. The van der Waals surface area contributed by atoms with Crippen molar-refractivity contribution >= 4 is 11.6 Å². The molecule has 0 radical (unpaired) electrons. The third-order valence-corrected chi connectivity index (χ3v) is 4.87. The Morgan fingerprint density at radius 3 is 2.59 bits per heavy atom. The molecular weight excluding hydrogens is 384 g/mol. The van der Waals surface area contributed by atoms with Gasteiger partial charge < -0.3 is 15.5 Å². The zero-order chi connectivity index (χ0) is 20.8. The summed E-state index contributed by atoms with van der Waals surface area (Å²) < 4.78 is 53.6. The zero-order valence-electron chi connectivity index (χ0n) is 16.2. The van der Waals surface area contributed by atoms with E-state index in [1.54, 1.807) is 6.07 Å². The number of hydrogen-bond donors (Lipinski definition) is 2. The smallest absolute Gasteiger partial charge is 0.191 e. The van der Waals surface area contributed by atoms with E-state index in [2.05, 4.69) is 15.6 Å². The molecule has 1 fully saturated rings. The van der Waals surface area contributed by atoms with Crippen molar-refractivity contribution in [2.45, 2.75) is 19.9 Å². The molecule has 2 aromatic carbocycles. The van der Waals surface area contributed by atoms with Gasteiger partial charge in [-0.3, -0.25) is 0 Å². The molecule has 0 bridgehead atoms. The maximum Gasteiger partial charge on any atom is 0.191 e. The lowest BCUT2D eigenvalue weighted by atomic mass is 10.1. The van der Waals surface area contributed by atoms with Gasteiger partial charge in [-0.25, -0.2) is 22.6 Å². The van der Waals surface area contributed by atoms with Crippen LogP contribution in [0.4, 0.5) is 23.2 Å². The highest BCUT2D eigenvalue weighted by Gasteiger charge is 2.23. The van der Waals surface area contributed by atoms with Gasteiger partial charge in [0.1, 0.15) is 11.6 Å². The summed E-state index contributed by atoms with van der Waals surface area (Å²) in [4.78, 5) is 6.34. The van der Waals surface area contributed by atoms with Crippen LogP contribution in [-0.4, -0.2) is 32.1 Å². The van der Waals surface area contributed by atoms with E-state index in [-0.39, 0.29) is 18.0 Å². The number of hydrogen-bond acceptors (Lipinski definition) is 2. The third kappa shape index (κ3) is 5.62. The lowest BCUT2D eigenvalue weighted by Gasteiger charge is -2.19. The summed E-state index contributed by atoms with van der Waals surface area (Å²) in [6.07, 6.45) is 0.893. The molecule has 4 nitrogen and oxygen atoms in total. The lowest BCUT2D eigenvalue weighted by molar-refractivity contribution is 0.508. The first-order chi connectivity index (χ1) is 14.0. The molecule has 1 unspecified atom stereocenters. The number of anilines is 1. The number of nitrogens with one attached hydrogen (secondary N) is 2. The van der Waals surface area contributed by atoms with E-state index in [0.29, 0.717) is 31.3 Å². The van der Waals surface area contributed by atoms with Crippen LogP contribution in [0.2, 0.25) is 0 Å². The summed E-state index contributed by atoms with van der Waals surface area (Å²) in [5, 5.41) is 6.31. The molecule has 1 atom stereocenters. The van der Waals surface area contributed by atoms with Crippen LogP contribution in [0, 0.1) is 29.2 Å². The number of benzene rings is 2. The fourth-order valence-electron chi connectivity index (χ4n) is 3.33. The normalized spacial score (nSPS) is 16.9. The number of rotatable bonds is 6. The Morgan fingerprint density at radius 1 is 1.03 bits per heavy atom. The maximum absolute atomic E-state index is 13.8. The molecule has 0 aromatic heterocycles. The van der Waals surface area contributed by atoms with Crippen molar-refractivity contribution in [3.05, 3.63) is 65.2 Å². The number of aliphatic imine (C=N–C) groups is 1. The average Bonchev–Trinajstić information content (AvgIpc) is 3.17. The van der Waals surface area contributed by atoms with Gasteiger partial charge in [-0.05, 0) is 49.6 Å². The molecule has 2 aromatic rings. The van der Waals surface area contributed by atoms with Crippen LogP contribution in [0.3, 0.4) is 0 Å². The molecule has 29 heavy (non-hydrogen) atoms. The highest BCUT2D eigenvalue weighted by Crippen LogP contribution is 2.25. The number of halogens is 4. The molecule has 0 spiro atoms. The van der Waals surface area contributed by atoms with Gasteiger partial charge in [0.05, 0.1) is 6.54 Å². The average molecular weight is 408 g/mol. The predicted octanol–water partition coefficient (Wildman–Crippen LogP) is 3.82. The van der Waals surface area contributed by atoms with Crippen molar-refractivity contribution in [3.63, 3.8) is 0 Å². The Bertz CT molecular complexity index is 872. The summed E-state index contributed by atoms with van der Waals surface area (Å²) >= 11 is 0. The summed E-state index contributed by atoms with van der Waals surface area (Å²) in [7, 11) is 0.